The molecule has 0 bridgehead atoms. The second kappa shape index (κ2) is 8.85. The molecule has 0 radical (unpaired) electrons. The van der Waals surface area contributed by atoms with E-state index in [9.17, 15) is 10.1 Å². The Bertz CT molecular complexity index is 940. The smallest absolute Gasteiger partial charge is 0.161 e. The summed E-state index contributed by atoms with van der Waals surface area (Å²) in [6.07, 6.45) is 1.21. The van der Waals surface area contributed by atoms with Gasteiger partial charge >= 0.3 is 0 Å². The molecule has 0 saturated carbocycles. The third-order valence-electron chi connectivity index (χ3n) is 5.52. The van der Waals surface area contributed by atoms with Gasteiger partial charge in [-0.1, -0.05) is 33.8 Å². The van der Waals surface area contributed by atoms with Gasteiger partial charge in [-0.05, 0) is 35.4 Å². The van der Waals surface area contributed by atoms with Gasteiger partial charge in [-0.3, -0.25) is 4.79 Å². The van der Waals surface area contributed by atoms with Gasteiger partial charge < -0.3 is 9.47 Å². The van der Waals surface area contributed by atoms with Gasteiger partial charge in [-0.2, -0.15) is 5.26 Å². The van der Waals surface area contributed by atoms with E-state index in [1.54, 1.807) is 26.0 Å². The molecular formula is C24H30N2O3S. The van der Waals surface area contributed by atoms with Gasteiger partial charge in [0.1, 0.15) is 5.92 Å². The average molecular weight is 427 g/mol. The number of nitrogens with zero attached hydrogens (tertiary/aromatic N) is 2. The molecule has 1 heterocycles. The van der Waals surface area contributed by atoms with E-state index < -0.39 is 5.92 Å². The van der Waals surface area contributed by atoms with Crippen molar-refractivity contribution in [3.05, 3.63) is 35.0 Å². The molecule has 0 aromatic heterocycles. The number of nitriles is 1. The van der Waals surface area contributed by atoms with Gasteiger partial charge in [-0.25, -0.2) is 4.99 Å². The number of hydrogen-bond acceptors (Lipinski definition) is 6. The minimum absolute atomic E-state index is 0.0953. The maximum Gasteiger partial charge on any atom is 0.161 e. The highest BCUT2D eigenvalue weighted by Gasteiger charge is 2.44. The SMILES string of the molecule is COc1ccc([C@@H]2C3=C(CC(C)(C)CC3=O)N=C(SCC(C)C)C2C#N)cc1OC. The third kappa shape index (κ3) is 4.41. The highest BCUT2D eigenvalue weighted by molar-refractivity contribution is 8.14. The van der Waals surface area contributed by atoms with Crippen LogP contribution in [0.4, 0.5) is 0 Å². The zero-order chi connectivity index (χ0) is 22.1. The van der Waals surface area contributed by atoms with Crippen molar-refractivity contribution in [2.24, 2.45) is 22.2 Å². The summed E-state index contributed by atoms with van der Waals surface area (Å²) in [7, 11) is 3.19. The molecule has 2 aliphatic rings. The minimum Gasteiger partial charge on any atom is -0.493 e. The first-order chi connectivity index (χ1) is 14.2. The first kappa shape index (κ1) is 22.4. The van der Waals surface area contributed by atoms with Crippen molar-refractivity contribution in [3.8, 4) is 17.6 Å². The van der Waals surface area contributed by atoms with Crippen LogP contribution in [0.2, 0.25) is 0 Å². The van der Waals surface area contributed by atoms with Gasteiger partial charge in [0, 0.05) is 29.4 Å². The third-order valence-corrected chi connectivity index (χ3v) is 7.00. The van der Waals surface area contributed by atoms with Crippen LogP contribution in [0.1, 0.15) is 52.0 Å². The molecule has 1 aromatic carbocycles. The van der Waals surface area contributed by atoms with Gasteiger partial charge in [0.2, 0.25) is 0 Å². The molecule has 0 N–H and O–H groups in total. The second-order valence-electron chi connectivity index (χ2n) is 9.16. The highest BCUT2D eigenvalue weighted by atomic mass is 32.2. The van der Waals surface area contributed by atoms with Gasteiger partial charge in [0.05, 0.1) is 25.3 Å². The molecule has 0 spiro atoms. The molecule has 5 nitrogen and oxygen atoms in total. The number of aliphatic imine (C=N–C) groups is 1. The fourth-order valence-electron chi connectivity index (χ4n) is 4.18. The summed E-state index contributed by atoms with van der Waals surface area (Å²) in [5.74, 6) is 1.84. The number of methoxy groups -OCH3 is 2. The molecule has 0 fully saturated rings. The van der Waals surface area contributed by atoms with Crippen molar-refractivity contribution in [3.63, 3.8) is 0 Å². The Hall–Kier alpha value is -2.26. The van der Waals surface area contributed by atoms with Crippen LogP contribution in [0.5, 0.6) is 11.5 Å². The molecule has 0 amide bonds. The summed E-state index contributed by atoms with van der Waals surface area (Å²) in [5, 5.41) is 10.9. The standard InChI is InChI=1S/C24H30N2O3S/c1-14(2)13-30-23-16(12-25)21(15-7-8-19(28-5)20(9-15)29-6)22-17(26-23)10-24(3,4)11-18(22)27/h7-9,14,16,21H,10-11,13H2,1-6H3/t16?,21-/m0/s1. The molecular weight excluding hydrogens is 396 g/mol. The van der Waals surface area contributed by atoms with Crippen LogP contribution >= 0.6 is 11.8 Å². The van der Waals surface area contributed by atoms with Crippen molar-refractivity contribution in [2.75, 3.05) is 20.0 Å². The van der Waals surface area contributed by atoms with E-state index in [0.717, 1.165) is 28.5 Å². The van der Waals surface area contributed by atoms with Gasteiger partial charge in [0.15, 0.2) is 17.3 Å². The summed E-state index contributed by atoms with van der Waals surface area (Å²) >= 11 is 1.64. The largest absolute Gasteiger partial charge is 0.493 e. The zero-order valence-electron chi connectivity index (χ0n) is 18.6. The molecule has 1 aliphatic heterocycles. The molecule has 2 atom stereocenters. The average Bonchev–Trinajstić information content (AvgIpc) is 2.69. The number of carbonyl (C=O) groups is 1. The normalized spacial score (nSPS) is 23.0. The summed E-state index contributed by atoms with van der Waals surface area (Å²) in [6, 6.07) is 8.12. The molecule has 160 valence electrons. The van der Waals surface area contributed by atoms with Crippen LogP contribution in [-0.2, 0) is 4.79 Å². The Morgan fingerprint density at radius 3 is 2.53 bits per heavy atom. The summed E-state index contributed by atoms with van der Waals surface area (Å²) in [6.45, 7) is 8.52. The van der Waals surface area contributed by atoms with Crippen LogP contribution in [0.3, 0.4) is 0 Å². The lowest BCUT2D eigenvalue weighted by atomic mass is 9.68. The Balaban J connectivity index is 2.16. The highest BCUT2D eigenvalue weighted by Crippen LogP contribution is 2.49. The molecule has 1 aliphatic carbocycles. The number of ketones is 1. The molecule has 1 aromatic rings. The topological polar surface area (TPSA) is 71.7 Å². The minimum atomic E-state index is -0.490. The van der Waals surface area contributed by atoms with Gasteiger partial charge in [-0.15, -0.1) is 11.8 Å². The first-order valence-corrected chi connectivity index (χ1v) is 11.3. The Kier molecular flexibility index (Phi) is 6.62. The van der Waals surface area contributed by atoms with E-state index in [2.05, 4.69) is 33.8 Å². The fourth-order valence-corrected chi connectivity index (χ4v) is 5.22. The van der Waals surface area contributed by atoms with Crippen molar-refractivity contribution < 1.29 is 14.3 Å². The number of allylic oxidation sites excluding steroid dienone is 2. The van der Waals surface area contributed by atoms with Crippen LogP contribution in [0.15, 0.2) is 34.5 Å². The Morgan fingerprint density at radius 2 is 1.93 bits per heavy atom. The van der Waals surface area contributed by atoms with Crippen LogP contribution in [0.25, 0.3) is 0 Å². The summed E-state index contributed by atoms with van der Waals surface area (Å²) in [5.41, 5.74) is 2.29. The zero-order valence-corrected chi connectivity index (χ0v) is 19.4. The maximum absolute atomic E-state index is 13.2. The molecule has 6 heteroatoms. The van der Waals surface area contributed by atoms with Gasteiger partial charge in [0.25, 0.3) is 0 Å². The van der Waals surface area contributed by atoms with Crippen LogP contribution in [-0.4, -0.2) is 30.8 Å². The van der Waals surface area contributed by atoms with Crippen molar-refractivity contribution >= 4 is 22.6 Å². The quantitative estimate of drug-likeness (QED) is 0.633. The van der Waals surface area contributed by atoms with Crippen molar-refractivity contribution in [1.82, 2.24) is 0 Å². The Morgan fingerprint density at radius 1 is 1.23 bits per heavy atom. The van der Waals surface area contributed by atoms with E-state index in [0.29, 0.717) is 29.4 Å². The number of Topliss-reactive ketones (excluding diaryl/α,β-unsaturated/α-hetero) is 1. The van der Waals surface area contributed by atoms with Crippen LogP contribution < -0.4 is 9.47 Å². The molecule has 0 saturated heterocycles. The van der Waals surface area contributed by atoms with E-state index >= 15 is 0 Å². The molecule has 1 unspecified atom stereocenters. The number of thioether (sulfide) groups is 1. The molecule has 30 heavy (non-hydrogen) atoms. The Labute approximate surface area is 183 Å². The lowest BCUT2D eigenvalue weighted by molar-refractivity contribution is -0.118. The maximum atomic E-state index is 13.2. The van der Waals surface area contributed by atoms with Crippen molar-refractivity contribution in [2.45, 2.75) is 46.5 Å². The summed E-state index contributed by atoms with van der Waals surface area (Å²) in [4.78, 5) is 18.1. The van der Waals surface area contributed by atoms with E-state index in [1.165, 1.54) is 0 Å². The number of carbonyl (C=O) groups excluding carboxylic acids is 1. The van der Waals surface area contributed by atoms with Crippen molar-refractivity contribution in [1.29, 1.82) is 5.26 Å². The number of rotatable bonds is 5. The number of ether oxygens (including phenoxy) is 2. The lowest BCUT2D eigenvalue weighted by Crippen LogP contribution is -2.35. The number of hydrogen-bond donors (Lipinski definition) is 0. The van der Waals surface area contributed by atoms with E-state index in [-0.39, 0.29) is 17.1 Å². The lowest BCUT2D eigenvalue weighted by Gasteiger charge is -2.38. The number of benzene rings is 1. The first-order valence-electron chi connectivity index (χ1n) is 10.3. The monoisotopic (exact) mass is 426 g/mol. The predicted molar refractivity (Wildman–Crippen MR) is 121 cm³/mol. The van der Waals surface area contributed by atoms with E-state index in [1.807, 2.05) is 18.2 Å². The van der Waals surface area contributed by atoms with E-state index in [4.69, 9.17) is 14.5 Å². The summed E-state index contributed by atoms with van der Waals surface area (Å²) < 4.78 is 10.9. The predicted octanol–water partition coefficient (Wildman–Crippen LogP) is 5.37. The molecule has 3 rings (SSSR count). The second-order valence-corrected chi connectivity index (χ2v) is 10.2. The fraction of sp³-hybridized carbons (Fsp3) is 0.542. The van der Waals surface area contributed by atoms with Crippen LogP contribution in [0, 0.1) is 28.6 Å².